The molecule has 0 spiro atoms. The first-order chi connectivity index (χ1) is 13.5. The van der Waals surface area contributed by atoms with Crippen molar-refractivity contribution in [2.45, 2.75) is 33.7 Å². The highest BCUT2D eigenvalue weighted by Gasteiger charge is 2.04. The molecule has 0 aliphatic carbocycles. The van der Waals surface area contributed by atoms with E-state index in [1.165, 1.54) is 9.88 Å². The molecule has 0 unspecified atom stereocenters. The number of hydrogen-bond donors (Lipinski definition) is 2. The molecule has 0 fully saturated rings. The first kappa shape index (κ1) is 25.6. The number of benzene rings is 1. The standard InChI is InChI=1S/C21H33N5OS.HI/c1-6-22-21(23-11-10-20-25-16(2)17(3)28-20)24-15-18-8-7-9-19(14-18)27-13-12-26(4)5;/h7-9,14H,6,10-13,15H2,1-5H3,(H2,22,23,24);1H. The fourth-order valence-electron chi connectivity index (χ4n) is 2.53. The minimum atomic E-state index is 0. The normalized spacial score (nSPS) is 11.3. The molecule has 2 N–H and O–H groups in total. The second kappa shape index (κ2) is 13.8. The predicted octanol–water partition coefficient (Wildman–Crippen LogP) is 3.62. The molecule has 0 aliphatic rings. The van der Waals surface area contributed by atoms with Crippen LogP contribution in [0.15, 0.2) is 29.3 Å². The SMILES string of the molecule is CCNC(=NCc1cccc(OCCN(C)C)c1)NCCc1nc(C)c(C)s1.I. The molecule has 0 atom stereocenters. The molecule has 1 aromatic heterocycles. The third kappa shape index (κ3) is 9.77. The number of rotatable bonds is 10. The zero-order chi connectivity index (χ0) is 20.4. The van der Waals surface area contributed by atoms with Gasteiger partial charge in [0.05, 0.1) is 17.2 Å². The lowest BCUT2D eigenvalue weighted by molar-refractivity contribution is 0.261. The van der Waals surface area contributed by atoms with Crippen LogP contribution in [-0.2, 0) is 13.0 Å². The van der Waals surface area contributed by atoms with Crippen molar-refractivity contribution in [1.29, 1.82) is 0 Å². The van der Waals surface area contributed by atoms with Gasteiger partial charge in [-0.15, -0.1) is 35.3 Å². The maximum atomic E-state index is 5.81. The Morgan fingerprint density at radius 2 is 2.03 bits per heavy atom. The van der Waals surface area contributed by atoms with Crippen LogP contribution in [0.5, 0.6) is 5.75 Å². The number of likely N-dealkylation sites (N-methyl/N-ethyl adjacent to an activating group) is 1. The van der Waals surface area contributed by atoms with Gasteiger partial charge in [0.15, 0.2) is 5.96 Å². The van der Waals surface area contributed by atoms with E-state index in [0.717, 1.165) is 49.0 Å². The van der Waals surface area contributed by atoms with Crippen molar-refractivity contribution in [3.63, 3.8) is 0 Å². The number of nitrogens with zero attached hydrogens (tertiary/aromatic N) is 3. The van der Waals surface area contributed by atoms with Crippen LogP contribution in [0.25, 0.3) is 0 Å². The molecule has 29 heavy (non-hydrogen) atoms. The third-order valence-electron chi connectivity index (χ3n) is 4.17. The van der Waals surface area contributed by atoms with Crippen LogP contribution >= 0.6 is 35.3 Å². The van der Waals surface area contributed by atoms with E-state index in [-0.39, 0.29) is 24.0 Å². The summed E-state index contributed by atoms with van der Waals surface area (Å²) in [7, 11) is 4.08. The van der Waals surface area contributed by atoms with Crippen molar-refractivity contribution in [2.75, 3.05) is 40.3 Å². The number of aryl methyl sites for hydroxylation is 2. The van der Waals surface area contributed by atoms with E-state index < -0.39 is 0 Å². The Morgan fingerprint density at radius 1 is 1.24 bits per heavy atom. The van der Waals surface area contributed by atoms with Crippen LogP contribution in [0, 0.1) is 13.8 Å². The molecule has 0 saturated carbocycles. The number of aromatic nitrogens is 1. The summed E-state index contributed by atoms with van der Waals surface area (Å²) in [5, 5.41) is 7.87. The average molecular weight is 532 g/mol. The van der Waals surface area contributed by atoms with Crippen LogP contribution < -0.4 is 15.4 Å². The van der Waals surface area contributed by atoms with Crippen molar-refractivity contribution < 1.29 is 4.74 Å². The first-order valence-electron chi connectivity index (χ1n) is 9.79. The Balaban J connectivity index is 0.00000420. The van der Waals surface area contributed by atoms with Gasteiger partial charge in [-0.25, -0.2) is 9.98 Å². The summed E-state index contributed by atoms with van der Waals surface area (Å²) >= 11 is 1.77. The molecule has 162 valence electrons. The van der Waals surface area contributed by atoms with Crippen molar-refractivity contribution in [1.82, 2.24) is 20.5 Å². The number of ether oxygens (including phenoxy) is 1. The van der Waals surface area contributed by atoms with E-state index in [1.807, 2.05) is 26.2 Å². The van der Waals surface area contributed by atoms with E-state index in [0.29, 0.717) is 13.2 Å². The lowest BCUT2D eigenvalue weighted by atomic mass is 10.2. The average Bonchev–Trinajstić information content (AvgIpc) is 2.97. The second-order valence-corrected chi connectivity index (χ2v) is 8.21. The summed E-state index contributed by atoms with van der Waals surface area (Å²) < 4.78 is 5.81. The first-order valence-corrected chi connectivity index (χ1v) is 10.6. The van der Waals surface area contributed by atoms with Gasteiger partial charge in [-0.2, -0.15) is 0 Å². The van der Waals surface area contributed by atoms with Gasteiger partial charge in [-0.3, -0.25) is 0 Å². The Morgan fingerprint density at radius 3 is 2.69 bits per heavy atom. The molecular formula is C21H34IN5OS. The Labute approximate surface area is 196 Å². The van der Waals surface area contributed by atoms with Crippen LogP contribution in [0.1, 0.15) is 28.1 Å². The summed E-state index contributed by atoms with van der Waals surface area (Å²) in [6, 6.07) is 8.14. The number of hydrogen-bond acceptors (Lipinski definition) is 5. The van der Waals surface area contributed by atoms with E-state index in [9.17, 15) is 0 Å². The maximum absolute atomic E-state index is 5.81. The number of guanidine groups is 1. The van der Waals surface area contributed by atoms with Gasteiger partial charge in [0, 0.05) is 30.9 Å². The molecule has 1 heterocycles. The molecule has 2 rings (SSSR count). The highest BCUT2D eigenvalue weighted by molar-refractivity contribution is 14.0. The van der Waals surface area contributed by atoms with Crippen LogP contribution in [0.2, 0.25) is 0 Å². The highest BCUT2D eigenvalue weighted by Crippen LogP contribution is 2.16. The molecule has 8 heteroatoms. The molecule has 2 aromatic rings. The third-order valence-corrected chi connectivity index (χ3v) is 5.31. The van der Waals surface area contributed by atoms with E-state index in [4.69, 9.17) is 9.73 Å². The van der Waals surface area contributed by atoms with Gasteiger partial charge in [0.1, 0.15) is 12.4 Å². The Bertz CT molecular complexity index is 744. The summed E-state index contributed by atoms with van der Waals surface area (Å²) in [5.41, 5.74) is 2.26. The Hall–Kier alpha value is -1.39. The highest BCUT2D eigenvalue weighted by atomic mass is 127. The fraction of sp³-hybridized carbons (Fsp3) is 0.524. The molecular weight excluding hydrogens is 497 g/mol. The van der Waals surface area contributed by atoms with E-state index in [2.05, 4.69) is 53.4 Å². The zero-order valence-corrected chi connectivity index (χ0v) is 21.3. The van der Waals surface area contributed by atoms with Gasteiger partial charge < -0.3 is 20.3 Å². The minimum Gasteiger partial charge on any atom is -0.492 e. The second-order valence-electron chi connectivity index (χ2n) is 6.92. The minimum absolute atomic E-state index is 0. The summed E-state index contributed by atoms with van der Waals surface area (Å²) in [6.45, 7) is 10.1. The van der Waals surface area contributed by atoms with Gasteiger partial charge >= 0.3 is 0 Å². The van der Waals surface area contributed by atoms with Crippen molar-refractivity contribution in [3.05, 3.63) is 45.4 Å². The molecule has 6 nitrogen and oxygen atoms in total. The summed E-state index contributed by atoms with van der Waals surface area (Å²) in [4.78, 5) is 12.7. The predicted molar refractivity (Wildman–Crippen MR) is 134 cm³/mol. The molecule has 0 amide bonds. The van der Waals surface area contributed by atoms with E-state index in [1.54, 1.807) is 11.3 Å². The van der Waals surface area contributed by atoms with Crippen LogP contribution in [0.3, 0.4) is 0 Å². The molecule has 0 radical (unpaired) electrons. The fourth-order valence-corrected chi connectivity index (χ4v) is 3.46. The van der Waals surface area contributed by atoms with Crippen LogP contribution in [-0.4, -0.2) is 56.2 Å². The largest absolute Gasteiger partial charge is 0.492 e. The van der Waals surface area contributed by atoms with Gasteiger partial charge in [0.25, 0.3) is 0 Å². The summed E-state index contributed by atoms with van der Waals surface area (Å²) in [5.74, 6) is 1.72. The van der Waals surface area contributed by atoms with Gasteiger partial charge in [0.2, 0.25) is 0 Å². The number of nitrogens with one attached hydrogen (secondary N) is 2. The summed E-state index contributed by atoms with van der Waals surface area (Å²) in [6.07, 6.45) is 0.902. The lowest BCUT2D eigenvalue weighted by Crippen LogP contribution is -2.38. The van der Waals surface area contributed by atoms with Gasteiger partial charge in [-0.05, 0) is 52.6 Å². The zero-order valence-electron chi connectivity index (χ0n) is 18.1. The van der Waals surface area contributed by atoms with Crippen molar-refractivity contribution in [3.8, 4) is 5.75 Å². The number of halogens is 1. The molecule has 0 saturated heterocycles. The van der Waals surface area contributed by atoms with Crippen LogP contribution in [0.4, 0.5) is 0 Å². The van der Waals surface area contributed by atoms with Crippen molar-refractivity contribution in [2.24, 2.45) is 4.99 Å². The number of aliphatic imine (C=N–C) groups is 1. The molecule has 1 aromatic carbocycles. The van der Waals surface area contributed by atoms with Gasteiger partial charge in [-0.1, -0.05) is 12.1 Å². The quantitative estimate of drug-likeness (QED) is 0.279. The number of thiazole rings is 1. The smallest absolute Gasteiger partial charge is 0.191 e. The monoisotopic (exact) mass is 531 g/mol. The topological polar surface area (TPSA) is 61.8 Å². The van der Waals surface area contributed by atoms with E-state index >= 15 is 0 Å². The molecule has 0 aliphatic heterocycles. The maximum Gasteiger partial charge on any atom is 0.191 e. The lowest BCUT2D eigenvalue weighted by Gasteiger charge is -2.12. The van der Waals surface area contributed by atoms with Crippen molar-refractivity contribution >= 4 is 41.3 Å². The molecule has 0 bridgehead atoms. The Kier molecular flexibility index (Phi) is 12.2.